The molecule has 0 aromatic heterocycles. The highest BCUT2D eigenvalue weighted by molar-refractivity contribution is 6.32. The van der Waals surface area contributed by atoms with Gasteiger partial charge < -0.3 is 15.2 Å². The maximum absolute atomic E-state index is 6.01. The minimum atomic E-state index is 0.0980. The van der Waals surface area contributed by atoms with Crippen LogP contribution in [0.25, 0.3) is 0 Å². The first-order chi connectivity index (χ1) is 7.18. The zero-order chi connectivity index (χ0) is 10.8. The molecular weight excluding hydrogens is 214 g/mol. The Hall–Kier alpha value is -0.930. The van der Waals surface area contributed by atoms with E-state index in [4.69, 9.17) is 26.8 Å². The monoisotopic (exact) mass is 227 g/mol. The van der Waals surface area contributed by atoms with Crippen molar-refractivity contribution >= 4 is 11.6 Å². The van der Waals surface area contributed by atoms with Crippen molar-refractivity contribution in [2.45, 2.75) is 19.4 Å². The van der Waals surface area contributed by atoms with Crippen LogP contribution >= 0.6 is 11.6 Å². The number of halogens is 1. The highest BCUT2D eigenvalue weighted by Crippen LogP contribution is 2.40. The van der Waals surface area contributed by atoms with Crippen LogP contribution in [0, 0.1) is 0 Å². The Morgan fingerprint density at radius 2 is 2.00 bits per heavy atom. The van der Waals surface area contributed by atoms with E-state index in [1.54, 1.807) is 0 Å². The molecule has 0 spiro atoms. The minimum Gasteiger partial charge on any atom is -0.486 e. The Morgan fingerprint density at radius 3 is 2.67 bits per heavy atom. The summed E-state index contributed by atoms with van der Waals surface area (Å²) in [5, 5.41) is 0.595. The van der Waals surface area contributed by atoms with Crippen LogP contribution in [0.4, 0.5) is 0 Å². The summed E-state index contributed by atoms with van der Waals surface area (Å²) in [7, 11) is 0. The van der Waals surface area contributed by atoms with E-state index in [1.807, 2.05) is 19.1 Å². The van der Waals surface area contributed by atoms with Gasteiger partial charge in [-0.25, -0.2) is 0 Å². The highest BCUT2D eigenvalue weighted by atomic mass is 35.5. The Balaban J connectivity index is 2.39. The van der Waals surface area contributed by atoms with E-state index in [2.05, 4.69) is 0 Å². The zero-order valence-corrected chi connectivity index (χ0v) is 9.38. The van der Waals surface area contributed by atoms with Crippen molar-refractivity contribution in [3.05, 3.63) is 22.7 Å². The quantitative estimate of drug-likeness (QED) is 0.841. The molecule has 1 aromatic rings. The summed E-state index contributed by atoms with van der Waals surface area (Å²) >= 11 is 6.01. The highest BCUT2D eigenvalue weighted by Gasteiger charge is 2.19. The number of rotatable bonds is 2. The van der Waals surface area contributed by atoms with E-state index in [9.17, 15) is 0 Å². The standard InChI is InChI=1S/C11H14ClNO2/c1-7(13)6-8-2-3-9(12)11-10(8)14-4-5-15-11/h2-3,7H,4-6,13H2,1H3. The van der Waals surface area contributed by atoms with E-state index in [0.717, 1.165) is 17.7 Å². The van der Waals surface area contributed by atoms with Crippen LogP contribution in [-0.4, -0.2) is 19.3 Å². The molecule has 2 N–H and O–H groups in total. The molecule has 0 aliphatic carbocycles. The second-order valence-corrected chi connectivity index (χ2v) is 4.15. The van der Waals surface area contributed by atoms with E-state index in [1.165, 1.54) is 0 Å². The Labute approximate surface area is 94.1 Å². The third-order valence-electron chi connectivity index (χ3n) is 2.26. The molecule has 1 heterocycles. The summed E-state index contributed by atoms with van der Waals surface area (Å²) in [6.45, 7) is 3.08. The van der Waals surface area contributed by atoms with Gasteiger partial charge in [0, 0.05) is 6.04 Å². The molecule has 1 aliphatic rings. The van der Waals surface area contributed by atoms with Gasteiger partial charge in [-0.1, -0.05) is 17.7 Å². The topological polar surface area (TPSA) is 44.5 Å². The van der Waals surface area contributed by atoms with Crippen LogP contribution in [0.1, 0.15) is 12.5 Å². The number of hydrogen-bond donors (Lipinski definition) is 1. The van der Waals surface area contributed by atoms with Crippen LogP contribution in [0.2, 0.25) is 5.02 Å². The molecule has 1 atom stereocenters. The number of benzene rings is 1. The maximum Gasteiger partial charge on any atom is 0.180 e. The summed E-state index contributed by atoms with van der Waals surface area (Å²) in [6.07, 6.45) is 0.767. The van der Waals surface area contributed by atoms with Crippen molar-refractivity contribution < 1.29 is 9.47 Å². The van der Waals surface area contributed by atoms with Crippen LogP contribution < -0.4 is 15.2 Å². The van der Waals surface area contributed by atoms with Gasteiger partial charge in [0.15, 0.2) is 11.5 Å². The Bertz CT molecular complexity index is 366. The van der Waals surface area contributed by atoms with Crippen LogP contribution in [0.5, 0.6) is 11.5 Å². The van der Waals surface area contributed by atoms with Crippen molar-refractivity contribution in [2.75, 3.05) is 13.2 Å². The van der Waals surface area contributed by atoms with Gasteiger partial charge in [-0.3, -0.25) is 0 Å². The summed E-state index contributed by atoms with van der Waals surface area (Å²) in [5.41, 5.74) is 6.83. The van der Waals surface area contributed by atoms with Crippen molar-refractivity contribution in [1.82, 2.24) is 0 Å². The molecule has 15 heavy (non-hydrogen) atoms. The maximum atomic E-state index is 6.01. The van der Waals surface area contributed by atoms with Crippen molar-refractivity contribution in [3.63, 3.8) is 0 Å². The van der Waals surface area contributed by atoms with E-state index >= 15 is 0 Å². The summed E-state index contributed by atoms with van der Waals surface area (Å²) in [6, 6.07) is 3.87. The zero-order valence-electron chi connectivity index (χ0n) is 8.63. The van der Waals surface area contributed by atoms with E-state index < -0.39 is 0 Å². The molecule has 2 rings (SSSR count). The fraction of sp³-hybridized carbons (Fsp3) is 0.455. The molecule has 4 heteroatoms. The lowest BCUT2D eigenvalue weighted by molar-refractivity contribution is 0.170. The van der Waals surface area contributed by atoms with E-state index in [0.29, 0.717) is 24.0 Å². The van der Waals surface area contributed by atoms with Crippen LogP contribution in [0.3, 0.4) is 0 Å². The average Bonchev–Trinajstić information content (AvgIpc) is 2.22. The SMILES string of the molecule is CC(N)Cc1ccc(Cl)c2c1OCCO2. The molecule has 0 amide bonds. The van der Waals surface area contributed by atoms with Gasteiger partial charge in [0.05, 0.1) is 5.02 Å². The predicted octanol–water partition coefficient (Wildman–Crippen LogP) is 2.00. The van der Waals surface area contributed by atoms with Gasteiger partial charge in [0.1, 0.15) is 13.2 Å². The minimum absolute atomic E-state index is 0.0980. The molecule has 0 saturated heterocycles. The summed E-state index contributed by atoms with van der Waals surface area (Å²) in [4.78, 5) is 0. The molecule has 1 unspecified atom stereocenters. The van der Waals surface area contributed by atoms with Gasteiger partial charge >= 0.3 is 0 Å². The van der Waals surface area contributed by atoms with Crippen LogP contribution in [0.15, 0.2) is 12.1 Å². The lowest BCUT2D eigenvalue weighted by atomic mass is 10.1. The number of hydrogen-bond acceptors (Lipinski definition) is 3. The smallest absolute Gasteiger partial charge is 0.180 e. The third-order valence-corrected chi connectivity index (χ3v) is 2.56. The second kappa shape index (κ2) is 4.29. The second-order valence-electron chi connectivity index (χ2n) is 3.74. The molecular formula is C11H14ClNO2. The Kier molecular flexibility index (Phi) is 3.03. The molecule has 82 valence electrons. The normalized spacial score (nSPS) is 16.2. The average molecular weight is 228 g/mol. The number of fused-ring (bicyclic) bond motifs is 1. The molecule has 1 aliphatic heterocycles. The molecule has 0 fully saturated rings. The summed E-state index contributed by atoms with van der Waals surface area (Å²) < 4.78 is 11.0. The largest absolute Gasteiger partial charge is 0.486 e. The van der Waals surface area contributed by atoms with Crippen molar-refractivity contribution in [3.8, 4) is 11.5 Å². The number of nitrogens with two attached hydrogens (primary N) is 1. The fourth-order valence-electron chi connectivity index (χ4n) is 1.67. The van der Waals surface area contributed by atoms with Gasteiger partial charge in [-0.15, -0.1) is 0 Å². The molecule has 0 bridgehead atoms. The Morgan fingerprint density at radius 1 is 1.33 bits per heavy atom. The first-order valence-electron chi connectivity index (χ1n) is 5.01. The molecule has 0 radical (unpaired) electrons. The van der Waals surface area contributed by atoms with Crippen LogP contribution in [-0.2, 0) is 6.42 Å². The van der Waals surface area contributed by atoms with Gasteiger partial charge in [-0.05, 0) is 25.0 Å². The molecule has 3 nitrogen and oxygen atoms in total. The molecule has 1 aromatic carbocycles. The van der Waals surface area contributed by atoms with Crippen molar-refractivity contribution in [2.24, 2.45) is 5.73 Å². The van der Waals surface area contributed by atoms with E-state index in [-0.39, 0.29) is 6.04 Å². The van der Waals surface area contributed by atoms with Gasteiger partial charge in [0.25, 0.3) is 0 Å². The lowest BCUT2D eigenvalue weighted by Gasteiger charge is -2.22. The third kappa shape index (κ3) is 2.19. The molecule has 0 saturated carbocycles. The van der Waals surface area contributed by atoms with Gasteiger partial charge in [-0.2, -0.15) is 0 Å². The number of ether oxygens (including phenoxy) is 2. The van der Waals surface area contributed by atoms with Gasteiger partial charge in [0.2, 0.25) is 0 Å². The first kappa shape index (κ1) is 10.6. The fourth-order valence-corrected chi connectivity index (χ4v) is 1.87. The van der Waals surface area contributed by atoms with Crippen molar-refractivity contribution in [1.29, 1.82) is 0 Å². The lowest BCUT2D eigenvalue weighted by Crippen LogP contribution is -2.21. The summed E-state index contributed by atoms with van der Waals surface area (Å²) in [5.74, 6) is 1.41. The first-order valence-corrected chi connectivity index (χ1v) is 5.39. The predicted molar refractivity (Wildman–Crippen MR) is 59.8 cm³/mol.